The van der Waals surface area contributed by atoms with Crippen LogP contribution < -0.4 is 5.32 Å². The normalized spacial score (nSPS) is 11.5. The summed E-state index contributed by atoms with van der Waals surface area (Å²) in [6, 6.07) is 12.2. The lowest BCUT2D eigenvalue weighted by molar-refractivity contribution is 0.0916. The van der Waals surface area contributed by atoms with Gasteiger partial charge >= 0.3 is 0 Å². The molecule has 0 saturated heterocycles. The molecule has 1 atom stereocenters. The molecule has 0 aliphatic heterocycles. The van der Waals surface area contributed by atoms with Crippen molar-refractivity contribution in [1.82, 2.24) is 5.32 Å². The summed E-state index contributed by atoms with van der Waals surface area (Å²) in [5, 5.41) is 21.4. The first-order valence-corrected chi connectivity index (χ1v) is 6.81. The van der Waals surface area contributed by atoms with Crippen LogP contribution in [0, 0.1) is 17.1 Å². The standard InChI is InChI=1S/C16H12ClFN2O2/c17-13-6-5-10(7-14(13)18)15(21)9-20-16(22)12-4-2-1-3-11(12)8-19/h1-7,15,21H,9H2,(H,20,22). The van der Waals surface area contributed by atoms with Crippen molar-refractivity contribution in [3.05, 3.63) is 70.0 Å². The van der Waals surface area contributed by atoms with E-state index < -0.39 is 17.8 Å². The van der Waals surface area contributed by atoms with Crippen LogP contribution in [0.2, 0.25) is 5.02 Å². The fourth-order valence-corrected chi connectivity index (χ4v) is 2.02. The van der Waals surface area contributed by atoms with Crippen molar-refractivity contribution in [2.75, 3.05) is 6.54 Å². The lowest BCUT2D eigenvalue weighted by atomic mass is 10.1. The first-order valence-electron chi connectivity index (χ1n) is 6.43. The summed E-state index contributed by atoms with van der Waals surface area (Å²) < 4.78 is 13.3. The van der Waals surface area contributed by atoms with Crippen LogP contribution in [0.1, 0.15) is 27.6 Å². The number of hydrogen-bond acceptors (Lipinski definition) is 3. The Morgan fingerprint density at radius 2 is 2.09 bits per heavy atom. The number of rotatable bonds is 4. The molecule has 6 heteroatoms. The maximum atomic E-state index is 13.3. The van der Waals surface area contributed by atoms with Crippen LogP contribution in [0.25, 0.3) is 0 Å². The third-order valence-electron chi connectivity index (χ3n) is 3.08. The zero-order chi connectivity index (χ0) is 16.1. The highest BCUT2D eigenvalue weighted by atomic mass is 35.5. The minimum Gasteiger partial charge on any atom is -0.387 e. The lowest BCUT2D eigenvalue weighted by Gasteiger charge is -2.13. The van der Waals surface area contributed by atoms with Gasteiger partial charge in [-0.25, -0.2) is 4.39 Å². The number of aliphatic hydroxyl groups excluding tert-OH is 1. The zero-order valence-corrected chi connectivity index (χ0v) is 12.1. The SMILES string of the molecule is N#Cc1ccccc1C(=O)NCC(O)c1ccc(Cl)c(F)c1. The Balaban J connectivity index is 2.04. The first-order chi connectivity index (χ1) is 10.5. The fraction of sp³-hybridized carbons (Fsp3) is 0.125. The number of carbonyl (C=O) groups excluding carboxylic acids is 1. The molecule has 0 aliphatic rings. The van der Waals surface area contributed by atoms with Crippen LogP contribution >= 0.6 is 11.6 Å². The van der Waals surface area contributed by atoms with Gasteiger partial charge in [-0.1, -0.05) is 29.8 Å². The number of hydrogen-bond donors (Lipinski definition) is 2. The number of benzene rings is 2. The molecular formula is C16H12ClFN2O2. The monoisotopic (exact) mass is 318 g/mol. The Labute approximate surface area is 131 Å². The molecule has 0 saturated carbocycles. The topological polar surface area (TPSA) is 73.1 Å². The van der Waals surface area contributed by atoms with Gasteiger partial charge in [-0.3, -0.25) is 4.79 Å². The van der Waals surface area contributed by atoms with Gasteiger partial charge in [-0.2, -0.15) is 5.26 Å². The second-order valence-corrected chi connectivity index (χ2v) is 4.96. The van der Waals surface area contributed by atoms with Gasteiger partial charge < -0.3 is 10.4 Å². The number of halogens is 2. The van der Waals surface area contributed by atoms with Gasteiger partial charge in [-0.05, 0) is 29.8 Å². The number of carbonyl (C=O) groups is 1. The fourth-order valence-electron chi connectivity index (χ4n) is 1.90. The highest BCUT2D eigenvalue weighted by Crippen LogP contribution is 2.20. The summed E-state index contributed by atoms with van der Waals surface area (Å²) in [6.45, 7) is -0.111. The molecule has 2 rings (SSSR count). The van der Waals surface area contributed by atoms with E-state index in [-0.39, 0.29) is 22.7 Å². The number of aliphatic hydroxyl groups is 1. The molecule has 2 aromatic carbocycles. The van der Waals surface area contributed by atoms with Gasteiger partial charge in [0.05, 0.1) is 28.3 Å². The molecule has 22 heavy (non-hydrogen) atoms. The van der Waals surface area contributed by atoms with Gasteiger partial charge in [0, 0.05) is 6.54 Å². The summed E-state index contributed by atoms with van der Waals surface area (Å²) in [4.78, 5) is 12.0. The minimum absolute atomic E-state index is 0.0390. The van der Waals surface area contributed by atoms with E-state index in [1.54, 1.807) is 12.1 Å². The summed E-state index contributed by atoms with van der Waals surface area (Å²) in [6.07, 6.45) is -1.08. The van der Waals surface area contributed by atoms with E-state index in [2.05, 4.69) is 5.32 Å². The Bertz CT molecular complexity index is 743. The third-order valence-corrected chi connectivity index (χ3v) is 3.38. The molecule has 0 bridgehead atoms. The summed E-state index contributed by atoms with van der Waals surface area (Å²) in [5.74, 6) is -1.12. The average Bonchev–Trinajstić information content (AvgIpc) is 2.54. The number of nitrogens with zero attached hydrogens (tertiary/aromatic N) is 1. The molecular weight excluding hydrogens is 307 g/mol. The molecule has 0 radical (unpaired) electrons. The molecule has 0 spiro atoms. The smallest absolute Gasteiger partial charge is 0.252 e. The Hall–Kier alpha value is -2.42. The van der Waals surface area contributed by atoms with Gasteiger partial charge in [-0.15, -0.1) is 0 Å². The predicted octanol–water partition coefficient (Wildman–Crippen LogP) is 2.81. The summed E-state index contributed by atoms with van der Waals surface area (Å²) >= 11 is 5.57. The molecule has 0 aromatic heterocycles. The van der Waals surface area contributed by atoms with Crippen LogP contribution in [-0.4, -0.2) is 17.6 Å². The van der Waals surface area contributed by atoms with E-state index >= 15 is 0 Å². The molecule has 0 heterocycles. The van der Waals surface area contributed by atoms with Crippen LogP contribution in [0.3, 0.4) is 0 Å². The number of amides is 1. The quantitative estimate of drug-likeness (QED) is 0.910. The van der Waals surface area contributed by atoms with Crippen molar-refractivity contribution in [2.24, 2.45) is 0 Å². The van der Waals surface area contributed by atoms with Gasteiger partial charge in [0.1, 0.15) is 5.82 Å². The Kier molecular flexibility index (Phi) is 5.10. The molecule has 4 nitrogen and oxygen atoms in total. The highest BCUT2D eigenvalue weighted by molar-refractivity contribution is 6.30. The number of nitriles is 1. The second-order valence-electron chi connectivity index (χ2n) is 4.56. The van der Waals surface area contributed by atoms with E-state index in [0.29, 0.717) is 5.56 Å². The molecule has 0 fully saturated rings. The molecule has 2 N–H and O–H groups in total. The summed E-state index contributed by atoms with van der Waals surface area (Å²) in [7, 11) is 0. The maximum absolute atomic E-state index is 13.3. The molecule has 1 unspecified atom stereocenters. The van der Waals surface area contributed by atoms with Crippen LogP contribution in [0.5, 0.6) is 0 Å². The van der Waals surface area contributed by atoms with Crippen molar-refractivity contribution in [1.29, 1.82) is 5.26 Å². The minimum atomic E-state index is -1.08. The molecule has 112 valence electrons. The van der Waals surface area contributed by atoms with Gasteiger partial charge in [0.2, 0.25) is 0 Å². The molecule has 2 aromatic rings. The van der Waals surface area contributed by atoms with E-state index in [9.17, 15) is 14.3 Å². The predicted molar refractivity (Wildman–Crippen MR) is 79.9 cm³/mol. The van der Waals surface area contributed by atoms with E-state index in [1.165, 1.54) is 24.3 Å². The highest BCUT2D eigenvalue weighted by Gasteiger charge is 2.14. The van der Waals surface area contributed by atoms with Gasteiger partial charge in [0.15, 0.2) is 0 Å². The Morgan fingerprint density at radius 1 is 1.36 bits per heavy atom. The van der Waals surface area contributed by atoms with E-state index in [4.69, 9.17) is 16.9 Å². The van der Waals surface area contributed by atoms with Crippen LogP contribution in [-0.2, 0) is 0 Å². The first kappa shape index (κ1) is 16.0. The average molecular weight is 319 g/mol. The van der Waals surface area contributed by atoms with Crippen LogP contribution in [0.15, 0.2) is 42.5 Å². The van der Waals surface area contributed by atoms with Gasteiger partial charge in [0.25, 0.3) is 5.91 Å². The number of nitrogens with one attached hydrogen (secondary N) is 1. The van der Waals surface area contributed by atoms with Crippen LogP contribution in [0.4, 0.5) is 4.39 Å². The van der Waals surface area contributed by atoms with E-state index in [1.807, 2.05) is 6.07 Å². The van der Waals surface area contributed by atoms with Crippen molar-refractivity contribution < 1.29 is 14.3 Å². The van der Waals surface area contributed by atoms with E-state index in [0.717, 1.165) is 6.07 Å². The third kappa shape index (κ3) is 3.61. The van der Waals surface area contributed by atoms with Crippen molar-refractivity contribution in [2.45, 2.75) is 6.10 Å². The zero-order valence-electron chi connectivity index (χ0n) is 11.4. The van der Waals surface area contributed by atoms with Crippen molar-refractivity contribution in [3.8, 4) is 6.07 Å². The second kappa shape index (κ2) is 7.03. The lowest BCUT2D eigenvalue weighted by Crippen LogP contribution is -2.29. The van der Waals surface area contributed by atoms with Crippen molar-refractivity contribution >= 4 is 17.5 Å². The molecule has 0 aliphatic carbocycles. The largest absolute Gasteiger partial charge is 0.387 e. The Morgan fingerprint density at radius 3 is 2.77 bits per heavy atom. The maximum Gasteiger partial charge on any atom is 0.252 e. The van der Waals surface area contributed by atoms with Crippen molar-refractivity contribution in [3.63, 3.8) is 0 Å². The molecule has 1 amide bonds. The summed E-state index contributed by atoms with van der Waals surface area (Å²) in [5.41, 5.74) is 0.766.